The summed E-state index contributed by atoms with van der Waals surface area (Å²) in [6.45, 7) is 1.40. The molecule has 1 aliphatic heterocycles. The third kappa shape index (κ3) is 2.78. The molecule has 2 N–H and O–H groups in total. The van der Waals surface area contributed by atoms with Crippen molar-refractivity contribution in [1.29, 1.82) is 0 Å². The van der Waals surface area contributed by atoms with E-state index in [-0.39, 0.29) is 11.1 Å². The Morgan fingerprint density at radius 2 is 2.38 bits per heavy atom. The Morgan fingerprint density at radius 1 is 1.50 bits per heavy atom. The molecule has 0 spiro atoms. The van der Waals surface area contributed by atoms with Gasteiger partial charge in [-0.2, -0.15) is 0 Å². The highest BCUT2D eigenvalue weighted by molar-refractivity contribution is 7.89. The zero-order chi connectivity index (χ0) is 11.4. The molecule has 0 saturated carbocycles. The number of hydrogen-bond donors (Lipinski definition) is 2. The van der Waals surface area contributed by atoms with E-state index < -0.39 is 10.0 Å². The maximum atomic E-state index is 11.8. The van der Waals surface area contributed by atoms with Crippen LogP contribution in [0.15, 0.2) is 29.4 Å². The summed E-state index contributed by atoms with van der Waals surface area (Å²) in [5.74, 6) is 0. The fraction of sp³-hybridized carbons (Fsp3) is 0.500. The van der Waals surface area contributed by atoms with E-state index in [2.05, 4.69) is 15.0 Å². The van der Waals surface area contributed by atoms with Crippen LogP contribution in [0.25, 0.3) is 0 Å². The zero-order valence-electron chi connectivity index (χ0n) is 8.89. The highest BCUT2D eigenvalue weighted by Crippen LogP contribution is 2.06. The molecule has 88 valence electrons. The number of pyridine rings is 1. The molecule has 0 aliphatic carbocycles. The standard InChI is InChI=1S/C10H15N3O2S/c14-16(15,10-5-1-2-6-12-10)13-8-9-4-3-7-11-9/h1-2,5-6,9,11,13H,3-4,7-8H2/t9-/m1/s1. The van der Waals surface area contributed by atoms with E-state index in [1.54, 1.807) is 12.1 Å². The fourth-order valence-electron chi connectivity index (χ4n) is 1.72. The molecule has 16 heavy (non-hydrogen) atoms. The first-order chi connectivity index (χ1) is 7.68. The highest BCUT2D eigenvalue weighted by atomic mass is 32.2. The average molecular weight is 241 g/mol. The van der Waals surface area contributed by atoms with Gasteiger partial charge in [0, 0.05) is 18.8 Å². The molecule has 2 rings (SSSR count). The summed E-state index contributed by atoms with van der Waals surface area (Å²) in [6.07, 6.45) is 3.60. The summed E-state index contributed by atoms with van der Waals surface area (Å²) in [7, 11) is -3.45. The number of nitrogens with one attached hydrogen (secondary N) is 2. The second-order valence-electron chi connectivity index (χ2n) is 3.81. The quantitative estimate of drug-likeness (QED) is 0.785. The third-order valence-electron chi connectivity index (χ3n) is 2.60. The molecule has 1 fully saturated rings. The van der Waals surface area contributed by atoms with Gasteiger partial charge in [0.2, 0.25) is 0 Å². The Kier molecular flexibility index (Phi) is 3.52. The van der Waals surface area contributed by atoms with Crippen molar-refractivity contribution in [3.63, 3.8) is 0 Å². The molecule has 1 atom stereocenters. The molecule has 0 amide bonds. The molecule has 0 radical (unpaired) electrons. The predicted octanol–water partition coefficient (Wildman–Crippen LogP) is 0.112. The van der Waals surface area contributed by atoms with Crippen LogP contribution in [-0.2, 0) is 10.0 Å². The van der Waals surface area contributed by atoms with Crippen LogP contribution in [0.3, 0.4) is 0 Å². The van der Waals surface area contributed by atoms with Gasteiger partial charge in [-0.15, -0.1) is 0 Å². The minimum Gasteiger partial charge on any atom is -0.313 e. The molecule has 0 unspecified atom stereocenters. The first-order valence-electron chi connectivity index (χ1n) is 5.32. The molecule has 2 heterocycles. The van der Waals surface area contributed by atoms with E-state index in [9.17, 15) is 8.42 Å². The molecule has 1 aromatic rings. The van der Waals surface area contributed by atoms with Crippen LogP contribution >= 0.6 is 0 Å². The SMILES string of the molecule is O=S(=O)(NC[C@H]1CCCN1)c1ccccn1. The molecule has 1 aliphatic rings. The summed E-state index contributed by atoms with van der Waals surface area (Å²) in [6, 6.07) is 5.09. The number of rotatable bonds is 4. The predicted molar refractivity (Wildman–Crippen MR) is 60.5 cm³/mol. The van der Waals surface area contributed by atoms with Crippen molar-refractivity contribution in [3.05, 3.63) is 24.4 Å². The first kappa shape index (κ1) is 11.5. The minimum atomic E-state index is -3.45. The molecule has 0 aromatic carbocycles. The van der Waals surface area contributed by atoms with Crippen LogP contribution in [0.5, 0.6) is 0 Å². The van der Waals surface area contributed by atoms with Gasteiger partial charge in [0.05, 0.1) is 0 Å². The Bertz CT molecular complexity index is 427. The number of nitrogens with zero attached hydrogens (tertiary/aromatic N) is 1. The van der Waals surface area contributed by atoms with Crippen molar-refractivity contribution in [2.75, 3.05) is 13.1 Å². The zero-order valence-corrected chi connectivity index (χ0v) is 9.70. The van der Waals surface area contributed by atoms with Gasteiger partial charge >= 0.3 is 0 Å². The van der Waals surface area contributed by atoms with E-state index in [1.807, 2.05) is 0 Å². The van der Waals surface area contributed by atoms with Gasteiger partial charge in [-0.3, -0.25) is 0 Å². The van der Waals surface area contributed by atoms with Gasteiger partial charge in [0.25, 0.3) is 10.0 Å². The molecule has 1 saturated heterocycles. The Balaban J connectivity index is 1.98. The number of aromatic nitrogens is 1. The van der Waals surface area contributed by atoms with E-state index in [0.717, 1.165) is 19.4 Å². The molecule has 0 bridgehead atoms. The lowest BCUT2D eigenvalue weighted by Gasteiger charge is -2.11. The van der Waals surface area contributed by atoms with Gasteiger partial charge < -0.3 is 5.32 Å². The van der Waals surface area contributed by atoms with Crippen molar-refractivity contribution in [3.8, 4) is 0 Å². The van der Waals surface area contributed by atoms with Crippen LogP contribution in [0.1, 0.15) is 12.8 Å². The summed E-state index contributed by atoms with van der Waals surface area (Å²) in [5.41, 5.74) is 0. The fourth-order valence-corrected chi connectivity index (χ4v) is 2.75. The van der Waals surface area contributed by atoms with E-state index in [0.29, 0.717) is 6.54 Å². The van der Waals surface area contributed by atoms with Gasteiger partial charge in [-0.1, -0.05) is 6.07 Å². The summed E-state index contributed by atoms with van der Waals surface area (Å²) < 4.78 is 26.1. The van der Waals surface area contributed by atoms with Crippen molar-refractivity contribution < 1.29 is 8.42 Å². The topological polar surface area (TPSA) is 71.1 Å². The monoisotopic (exact) mass is 241 g/mol. The Hall–Kier alpha value is -0.980. The van der Waals surface area contributed by atoms with Crippen LogP contribution in [0.4, 0.5) is 0 Å². The summed E-state index contributed by atoms with van der Waals surface area (Å²) in [4.78, 5) is 3.82. The second-order valence-corrected chi connectivity index (χ2v) is 5.53. The van der Waals surface area contributed by atoms with Gasteiger partial charge in [-0.05, 0) is 31.5 Å². The normalized spacial score (nSPS) is 21.1. The first-order valence-corrected chi connectivity index (χ1v) is 6.81. The van der Waals surface area contributed by atoms with Gasteiger partial charge in [0.1, 0.15) is 0 Å². The maximum absolute atomic E-state index is 11.8. The lowest BCUT2D eigenvalue weighted by Crippen LogP contribution is -2.37. The van der Waals surface area contributed by atoms with Crippen LogP contribution in [-0.4, -0.2) is 32.5 Å². The number of hydrogen-bond acceptors (Lipinski definition) is 4. The van der Waals surface area contributed by atoms with Crippen LogP contribution < -0.4 is 10.0 Å². The van der Waals surface area contributed by atoms with Crippen molar-refractivity contribution in [2.45, 2.75) is 23.9 Å². The average Bonchev–Trinajstić information content (AvgIpc) is 2.81. The third-order valence-corrected chi connectivity index (χ3v) is 3.93. The molecule has 6 heteroatoms. The van der Waals surface area contributed by atoms with Gasteiger partial charge in [-0.25, -0.2) is 18.1 Å². The van der Waals surface area contributed by atoms with Crippen LogP contribution in [0.2, 0.25) is 0 Å². The number of sulfonamides is 1. The van der Waals surface area contributed by atoms with Crippen molar-refractivity contribution in [2.24, 2.45) is 0 Å². The lowest BCUT2D eigenvalue weighted by molar-refractivity contribution is 0.549. The smallest absolute Gasteiger partial charge is 0.258 e. The lowest BCUT2D eigenvalue weighted by atomic mass is 10.2. The molecular weight excluding hydrogens is 226 g/mol. The molecule has 1 aromatic heterocycles. The molecular formula is C10H15N3O2S. The minimum absolute atomic E-state index is 0.0768. The largest absolute Gasteiger partial charge is 0.313 e. The van der Waals surface area contributed by atoms with Gasteiger partial charge in [0.15, 0.2) is 5.03 Å². The maximum Gasteiger partial charge on any atom is 0.258 e. The van der Waals surface area contributed by atoms with E-state index >= 15 is 0 Å². The summed E-state index contributed by atoms with van der Waals surface area (Å²) in [5, 5.41) is 3.31. The summed E-state index contributed by atoms with van der Waals surface area (Å²) >= 11 is 0. The van der Waals surface area contributed by atoms with Crippen LogP contribution in [0, 0.1) is 0 Å². The van der Waals surface area contributed by atoms with Crippen molar-refractivity contribution >= 4 is 10.0 Å². The Labute approximate surface area is 95.3 Å². The van der Waals surface area contributed by atoms with E-state index in [4.69, 9.17) is 0 Å². The van der Waals surface area contributed by atoms with E-state index in [1.165, 1.54) is 12.3 Å². The van der Waals surface area contributed by atoms with Crippen molar-refractivity contribution in [1.82, 2.24) is 15.0 Å². The Morgan fingerprint density at radius 3 is 3.00 bits per heavy atom. The highest BCUT2D eigenvalue weighted by Gasteiger charge is 2.19. The molecule has 5 nitrogen and oxygen atoms in total. The second kappa shape index (κ2) is 4.90.